The van der Waals surface area contributed by atoms with E-state index in [-0.39, 0.29) is 6.04 Å². The van der Waals surface area contributed by atoms with E-state index in [0.717, 1.165) is 37.8 Å². The quantitative estimate of drug-likeness (QED) is 0.798. The summed E-state index contributed by atoms with van der Waals surface area (Å²) in [5.74, 6) is 2.48. The Morgan fingerprint density at radius 2 is 2.00 bits per heavy atom. The van der Waals surface area contributed by atoms with Gasteiger partial charge in [0.1, 0.15) is 0 Å². The normalized spacial score (nSPS) is 26.8. The molecule has 5 heteroatoms. The molecule has 2 aromatic carbocycles. The lowest BCUT2D eigenvalue weighted by molar-refractivity contribution is 0.190. The molecule has 2 heterocycles. The van der Waals surface area contributed by atoms with Crippen LogP contribution in [0.1, 0.15) is 41.6 Å². The van der Waals surface area contributed by atoms with E-state index in [2.05, 4.69) is 64.9 Å². The number of rotatable bonds is 3. The van der Waals surface area contributed by atoms with E-state index < -0.39 is 0 Å². The Labute approximate surface area is 147 Å². The maximum absolute atomic E-state index is 5.61. The zero-order valence-corrected chi connectivity index (χ0v) is 14.4. The third-order valence-electron chi connectivity index (χ3n) is 5.58. The number of hydrogen-bond acceptors (Lipinski definition) is 5. The molecule has 1 aromatic heterocycles. The van der Waals surface area contributed by atoms with Crippen molar-refractivity contribution in [3.63, 3.8) is 0 Å². The molecule has 0 spiro atoms. The van der Waals surface area contributed by atoms with Crippen molar-refractivity contribution in [1.82, 2.24) is 20.4 Å². The molecule has 128 valence electrons. The number of nitrogens with zero attached hydrogens (tertiary/aromatic N) is 3. The average Bonchev–Trinajstić information content (AvgIpc) is 3.31. The zero-order chi connectivity index (χ0) is 16.8. The lowest BCUT2D eigenvalue weighted by Crippen LogP contribution is -2.44. The zero-order valence-electron chi connectivity index (χ0n) is 14.4. The molecule has 3 unspecified atom stereocenters. The minimum Gasteiger partial charge on any atom is -0.339 e. The molecule has 3 atom stereocenters. The smallest absolute Gasteiger partial charge is 0.230 e. The highest BCUT2D eigenvalue weighted by atomic mass is 16.5. The van der Waals surface area contributed by atoms with Crippen molar-refractivity contribution in [3.05, 3.63) is 59.7 Å². The monoisotopic (exact) mass is 334 g/mol. The van der Waals surface area contributed by atoms with E-state index in [1.165, 1.54) is 16.3 Å². The fraction of sp³-hybridized carbons (Fsp3) is 0.400. The van der Waals surface area contributed by atoms with Gasteiger partial charge in [-0.3, -0.25) is 4.90 Å². The first kappa shape index (κ1) is 15.0. The third-order valence-corrected chi connectivity index (χ3v) is 5.58. The molecule has 5 rings (SSSR count). The van der Waals surface area contributed by atoms with Gasteiger partial charge in [-0.25, -0.2) is 0 Å². The Morgan fingerprint density at radius 3 is 2.88 bits per heavy atom. The molecule has 2 fully saturated rings. The largest absolute Gasteiger partial charge is 0.339 e. The summed E-state index contributed by atoms with van der Waals surface area (Å²) >= 11 is 0. The van der Waals surface area contributed by atoms with Gasteiger partial charge >= 0.3 is 0 Å². The van der Waals surface area contributed by atoms with Crippen LogP contribution in [-0.4, -0.2) is 41.7 Å². The van der Waals surface area contributed by atoms with Crippen LogP contribution in [0, 0.1) is 0 Å². The van der Waals surface area contributed by atoms with Gasteiger partial charge in [0.15, 0.2) is 5.82 Å². The fourth-order valence-electron chi connectivity index (χ4n) is 3.90. The highest BCUT2D eigenvalue weighted by Crippen LogP contribution is 2.54. The number of hydrogen-bond donors (Lipinski definition) is 1. The summed E-state index contributed by atoms with van der Waals surface area (Å²) in [6, 6.07) is 15.5. The van der Waals surface area contributed by atoms with E-state index in [4.69, 9.17) is 9.51 Å². The van der Waals surface area contributed by atoms with E-state index >= 15 is 0 Å². The predicted octanol–water partition coefficient (Wildman–Crippen LogP) is 3.07. The van der Waals surface area contributed by atoms with Crippen molar-refractivity contribution in [2.45, 2.75) is 24.3 Å². The van der Waals surface area contributed by atoms with Crippen LogP contribution in [0.2, 0.25) is 0 Å². The summed E-state index contributed by atoms with van der Waals surface area (Å²) in [6.45, 7) is 2.91. The molecule has 0 bridgehead atoms. The SMILES string of the molecule is CN1CCNCC1c1noc(C2CC2c2ccc3ccccc3c2)n1. The Morgan fingerprint density at radius 1 is 1.12 bits per heavy atom. The minimum absolute atomic E-state index is 0.212. The van der Waals surface area contributed by atoms with Crippen LogP contribution in [0.4, 0.5) is 0 Å². The molecule has 0 radical (unpaired) electrons. The van der Waals surface area contributed by atoms with E-state index in [0.29, 0.717) is 11.8 Å². The van der Waals surface area contributed by atoms with E-state index in [1.54, 1.807) is 0 Å². The highest BCUT2D eigenvalue weighted by Gasteiger charge is 2.44. The van der Waals surface area contributed by atoms with Crippen LogP contribution in [-0.2, 0) is 0 Å². The highest BCUT2D eigenvalue weighted by molar-refractivity contribution is 5.83. The standard InChI is InChI=1S/C20H22N4O/c1-24-9-8-21-12-18(24)19-22-20(25-23-19)17-11-16(17)15-7-6-13-4-2-3-5-14(13)10-15/h2-7,10,16-18,21H,8-9,11-12H2,1H3. The Balaban J connectivity index is 1.35. The topological polar surface area (TPSA) is 54.2 Å². The fourth-order valence-corrected chi connectivity index (χ4v) is 3.90. The van der Waals surface area contributed by atoms with Crippen LogP contribution in [0.15, 0.2) is 47.0 Å². The number of fused-ring (bicyclic) bond motifs is 1. The second kappa shape index (κ2) is 5.93. The lowest BCUT2D eigenvalue weighted by atomic mass is 10.0. The predicted molar refractivity (Wildman–Crippen MR) is 96.6 cm³/mol. The van der Waals surface area contributed by atoms with Crippen LogP contribution >= 0.6 is 0 Å². The number of nitrogens with one attached hydrogen (secondary N) is 1. The molecule has 1 saturated heterocycles. The maximum atomic E-state index is 5.61. The summed E-state index contributed by atoms with van der Waals surface area (Å²) in [5, 5.41) is 10.3. The van der Waals surface area contributed by atoms with Crippen LogP contribution in [0.3, 0.4) is 0 Å². The van der Waals surface area contributed by atoms with Gasteiger partial charge in [0, 0.05) is 25.6 Å². The van der Waals surface area contributed by atoms with Crippen molar-refractivity contribution in [1.29, 1.82) is 0 Å². The van der Waals surface area contributed by atoms with E-state index in [9.17, 15) is 0 Å². The molecule has 1 aliphatic carbocycles. The number of aromatic nitrogens is 2. The first-order chi connectivity index (χ1) is 12.3. The number of piperazine rings is 1. The number of likely N-dealkylation sites (N-methyl/N-ethyl adjacent to an activating group) is 1. The summed E-state index contributed by atoms with van der Waals surface area (Å²) in [5.41, 5.74) is 1.37. The Hall–Kier alpha value is -2.24. The van der Waals surface area contributed by atoms with Gasteiger partial charge in [0.2, 0.25) is 5.89 Å². The van der Waals surface area contributed by atoms with Gasteiger partial charge in [-0.05, 0) is 35.7 Å². The Kier molecular flexibility index (Phi) is 3.57. The molecule has 1 saturated carbocycles. The van der Waals surface area contributed by atoms with Crippen molar-refractivity contribution < 1.29 is 4.52 Å². The molecular formula is C20H22N4O. The summed E-state index contributed by atoms with van der Waals surface area (Å²) in [7, 11) is 2.12. The van der Waals surface area contributed by atoms with E-state index in [1.807, 2.05) is 0 Å². The van der Waals surface area contributed by atoms with Crippen molar-refractivity contribution >= 4 is 10.8 Å². The van der Waals surface area contributed by atoms with Gasteiger partial charge in [0.25, 0.3) is 0 Å². The van der Waals surface area contributed by atoms with Crippen molar-refractivity contribution in [2.75, 3.05) is 26.7 Å². The number of benzene rings is 2. The molecule has 1 N–H and O–H groups in total. The second-order valence-corrected chi connectivity index (χ2v) is 7.25. The molecule has 5 nitrogen and oxygen atoms in total. The minimum atomic E-state index is 0.212. The van der Waals surface area contributed by atoms with Crippen LogP contribution in [0.25, 0.3) is 10.8 Å². The second-order valence-electron chi connectivity index (χ2n) is 7.25. The third kappa shape index (κ3) is 2.73. The van der Waals surface area contributed by atoms with Gasteiger partial charge in [-0.15, -0.1) is 0 Å². The molecule has 1 aliphatic heterocycles. The summed E-state index contributed by atoms with van der Waals surface area (Å²) in [4.78, 5) is 7.02. The maximum Gasteiger partial charge on any atom is 0.230 e. The molecule has 25 heavy (non-hydrogen) atoms. The Bertz CT molecular complexity index is 905. The van der Waals surface area contributed by atoms with Crippen LogP contribution in [0.5, 0.6) is 0 Å². The average molecular weight is 334 g/mol. The molecule has 0 amide bonds. The summed E-state index contributed by atoms with van der Waals surface area (Å²) < 4.78 is 5.61. The van der Waals surface area contributed by atoms with Gasteiger partial charge in [0.05, 0.1) is 6.04 Å². The lowest BCUT2D eigenvalue weighted by Gasteiger charge is -2.30. The van der Waals surface area contributed by atoms with Crippen molar-refractivity contribution in [2.24, 2.45) is 0 Å². The molecule has 2 aliphatic rings. The van der Waals surface area contributed by atoms with Crippen molar-refractivity contribution in [3.8, 4) is 0 Å². The molecular weight excluding hydrogens is 312 g/mol. The van der Waals surface area contributed by atoms with Gasteiger partial charge in [-0.2, -0.15) is 4.98 Å². The van der Waals surface area contributed by atoms with Gasteiger partial charge in [-0.1, -0.05) is 47.6 Å². The first-order valence-corrected chi connectivity index (χ1v) is 9.03. The van der Waals surface area contributed by atoms with Crippen LogP contribution < -0.4 is 5.32 Å². The summed E-state index contributed by atoms with van der Waals surface area (Å²) in [6.07, 6.45) is 1.10. The first-order valence-electron chi connectivity index (χ1n) is 9.03. The molecule has 3 aromatic rings. The van der Waals surface area contributed by atoms with Gasteiger partial charge < -0.3 is 9.84 Å².